The molecule has 42 heavy (non-hydrogen) atoms. The van der Waals surface area contributed by atoms with E-state index >= 15 is 0 Å². The van der Waals surface area contributed by atoms with Gasteiger partial charge in [-0.25, -0.2) is 0 Å². The first kappa shape index (κ1) is 34.0. The molecule has 0 spiro atoms. The molecule has 0 bridgehead atoms. The molecule has 0 aromatic carbocycles. The first-order valence-electron chi connectivity index (χ1n) is 16.2. The maximum atomic E-state index is 13.9. The molecule has 4 aliphatic carbocycles. The highest BCUT2D eigenvalue weighted by Gasteiger charge is 2.70. The molecule has 3 saturated carbocycles. The van der Waals surface area contributed by atoms with Gasteiger partial charge in [0.05, 0.1) is 6.61 Å². The first-order valence-corrected chi connectivity index (χ1v) is 16.2. The van der Waals surface area contributed by atoms with Crippen molar-refractivity contribution in [1.82, 2.24) is 0 Å². The van der Waals surface area contributed by atoms with Crippen molar-refractivity contribution >= 4 is 5.78 Å². The second-order valence-corrected chi connectivity index (χ2v) is 16.2. The maximum absolute atomic E-state index is 13.9. The topological polar surface area (TPSA) is 159 Å². The third-order valence-corrected chi connectivity index (χ3v) is 13.7. The zero-order chi connectivity index (χ0) is 31.3. The van der Waals surface area contributed by atoms with Gasteiger partial charge < -0.3 is 35.7 Å². The number of carbonyl (C=O) groups is 1. The number of fused-ring (bicyclic) bond motifs is 5. The van der Waals surface area contributed by atoms with Gasteiger partial charge in [0.15, 0.2) is 5.78 Å². The van der Waals surface area contributed by atoms with Crippen LogP contribution in [0.15, 0.2) is 11.6 Å². The van der Waals surface area contributed by atoms with Gasteiger partial charge in [0.25, 0.3) is 0 Å². The molecule has 4 aliphatic rings. The van der Waals surface area contributed by atoms with Crippen molar-refractivity contribution in [2.75, 3.05) is 46.2 Å². The molecule has 3 fully saturated rings. The Morgan fingerprint density at radius 2 is 1.55 bits per heavy atom. The largest absolute Gasteiger partial charge is 0.396 e. The van der Waals surface area contributed by atoms with Gasteiger partial charge in [-0.05, 0) is 108 Å². The summed E-state index contributed by atoms with van der Waals surface area (Å²) in [5.41, 5.74) is -1.83. The molecule has 0 aromatic heterocycles. The molecule has 0 aliphatic heterocycles. The molecular formula is C34H58O8. The lowest BCUT2D eigenvalue weighted by atomic mass is 9.39. The number of hydrogen-bond donors (Lipinski definition) is 7. The van der Waals surface area contributed by atoms with E-state index in [-0.39, 0.29) is 98.9 Å². The van der Waals surface area contributed by atoms with Crippen LogP contribution in [0.2, 0.25) is 0 Å². The molecule has 0 heterocycles. The summed E-state index contributed by atoms with van der Waals surface area (Å²) < 4.78 is 0. The Balaban J connectivity index is 1.80. The molecule has 0 amide bonds. The number of hydrogen-bond acceptors (Lipinski definition) is 8. The summed E-state index contributed by atoms with van der Waals surface area (Å²) in [6.45, 7) is 9.78. The summed E-state index contributed by atoms with van der Waals surface area (Å²) in [4.78, 5) is 13.9. The lowest BCUT2D eigenvalue weighted by Crippen LogP contribution is -2.62. The Hall–Kier alpha value is -0.870. The fraction of sp³-hybridized carbons (Fsp3) is 0.912. The van der Waals surface area contributed by atoms with Gasteiger partial charge in [-0.1, -0.05) is 40.2 Å². The highest BCUT2D eigenvalue weighted by Crippen LogP contribution is 2.75. The molecule has 7 N–H and O–H groups in total. The minimum Gasteiger partial charge on any atom is -0.396 e. The smallest absolute Gasteiger partial charge is 0.159 e. The Labute approximate surface area is 252 Å². The lowest BCUT2D eigenvalue weighted by Gasteiger charge is -2.65. The third-order valence-electron chi connectivity index (χ3n) is 13.7. The van der Waals surface area contributed by atoms with Crippen molar-refractivity contribution < 1.29 is 40.5 Å². The fourth-order valence-corrected chi connectivity index (χ4v) is 11.0. The Morgan fingerprint density at radius 1 is 0.905 bits per heavy atom. The first-order chi connectivity index (χ1) is 19.7. The van der Waals surface area contributed by atoms with Crippen molar-refractivity contribution in [3.05, 3.63) is 11.6 Å². The van der Waals surface area contributed by atoms with Crippen LogP contribution in [0.5, 0.6) is 0 Å². The van der Waals surface area contributed by atoms with Gasteiger partial charge in [0.2, 0.25) is 0 Å². The molecule has 0 radical (unpaired) electrons. The predicted octanol–water partition coefficient (Wildman–Crippen LogP) is 2.56. The number of aliphatic hydroxyl groups excluding tert-OH is 7. The van der Waals surface area contributed by atoms with Gasteiger partial charge in [0, 0.05) is 51.0 Å². The zero-order valence-electron chi connectivity index (χ0n) is 26.6. The normalized spacial score (nSPS) is 42.3. The van der Waals surface area contributed by atoms with Crippen LogP contribution in [0.1, 0.15) is 79.6 Å². The summed E-state index contributed by atoms with van der Waals surface area (Å²) in [6, 6.07) is 0. The molecule has 242 valence electrons. The highest BCUT2D eigenvalue weighted by atomic mass is 16.3. The molecule has 11 atom stereocenters. The molecule has 4 rings (SSSR count). The predicted molar refractivity (Wildman–Crippen MR) is 160 cm³/mol. The third kappa shape index (κ3) is 4.96. The van der Waals surface area contributed by atoms with E-state index in [0.717, 1.165) is 12.0 Å². The number of rotatable bonds is 12. The molecule has 0 saturated heterocycles. The van der Waals surface area contributed by atoms with Crippen LogP contribution in [-0.4, -0.2) is 87.8 Å². The van der Waals surface area contributed by atoms with E-state index in [1.54, 1.807) is 6.08 Å². The maximum Gasteiger partial charge on any atom is 0.159 e. The molecule has 0 unspecified atom stereocenters. The van der Waals surface area contributed by atoms with Crippen LogP contribution in [0.25, 0.3) is 0 Å². The van der Waals surface area contributed by atoms with E-state index in [1.807, 2.05) is 20.8 Å². The lowest BCUT2D eigenvalue weighted by molar-refractivity contribution is -0.155. The average Bonchev–Trinajstić information content (AvgIpc) is 3.29. The minimum atomic E-state index is -0.707. The van der Waals surface area contributed by atoms with Crippen molar-refractivity contribution in [1.29, 1.82) is 0 Å². The Kier molecular flexibility index (Phi) is 9.83. The van der Waals surface area contributed by atoms with Crippen LogP contribution in [-0.2, 0) is 4.79 Å². The van der Waals surface area contributed by atoms with E-state index in [1.165, 1.54) is 0 Å². The number of carbonyl (C=O) groups excluding carboxylic acids is 1. The van der Waals surface area contributed by atoms with Gasteiger partial charge >= 0.3 is 0 Å². The van der Waals surface area contributed by atoms with Gasteiger partial charge in [-0.2, -0.15) is 0 Å². The number of allylic oxidation sites excluding steroid dienone is 1. The fourth-order valence-electron chi connectivity index (χ4n) is 11.0. The molecular weight excluding hydrogens is 536 g/mol. The quantitative estimate of drug-likeness (QED) is 0.182. The summed E-state index contributed by atoms with van der Waals surface area (Å²) in [5, 5.41) is 74.1. The molecule has 8 nitrogen and oxygen atoms in total. The van der Waals surface area contributed by atoms with Crippen LogP contribution >= 0.6 is 0 Å². The average molecular weight is 595 g/mol. The summed E-state index contributed by atoms with van der Waals surface area (Å²) in [7, 11) is 0. The van der Waals surface area contributed by atoms with E-state index in [4.69, 9.17) is 0 Å². The molecule has 8 heteroatoms. The van der Waals surface area contributed by atoms with Crippen LogP contribution in [0.4, 0.5) is 0 Å². The summed E-state index contributed by atoms with van der Waals surface area (Å²) in [5.74, 6) is -1.19. The SMILES string of the molecule is CC(C)(CO)CC[C@@H](CO)[C@](C)(CO)[C@H]1CC[C@@]2(CO)C3=CC(=O)[C@@H]4C[C@@H](CO)[C@@H](CO)C[C@]4(C)[C@H]3[C@H](CO)C[C@]12C. The van der Waals surface area contributed by atoms with Gasteiger partial charge in [-0.3, -0.25) is 4.79 Å². The van der Waals surface area contributed by atoms with Crippen LogP contribution in [0, 0.1) is 68.5 Å². The van der Waals surface area contributed by atoms with Crippen molar-refractivity contribution in [2.24, 2.45) is 68.5 Å². The van der Waals surface area contributed by atoms with Gasteiger partial charge in [-0.15, -0.1) is 0 Å². The van der Waals surface area contributed by atoms with Crippen LogP contribution < -0.4 is 0 Å². The number of aliphatic hydroxyl groups is 7. The van der Waals surface area contributed by atoms with E-state index < -0.39 is 21.7 Å². The van der Waals surface area contributed by atoms with E-state index in [0.29, 0.717) is 38.5 Å². The van der Waals surface area contributed by atoms with Crippen molar-refractivity contribution in [2.45, 2.75) is 79.6 Å². The van der Waals surface area contributed by atoms with Crippen molar-refractivity contribution in [3.8, 4) is 0 Å². The number of ketones is 1. The Bertz CT molecular complexity index is 1010. The van der Waals surface area contributed by atoms with E-state index in [2.05, 4.69) is 13.8 Å². The summed E-state index contributed by atoms with van der Waals surface area (Å²) in [6.07, 6.45) is 6.18. The molecule has 0 aromatic rings. The monoisotopic (exact) mass is 594 g/mol. The van der Waals surface area contributed by atoms with Crippen LogP contribution in [0.3, 0.4) is 0 Å². The van der Waals surface area contributed by atoms with Gasteiger partial charge in [0.1, 0.15) is 0 Å². The van der Waals surface area contributed by atoms with Crippen molar-refractivity contribution in [3.63, 3.8) is 0 Å². The highest BCUT2D eigenvalue weighted by molar-refractivity contribution is 5.95. The second-order valence-electron chi connectivity index (χ2n) is 16.2. The zero-order valence-corrected chi connectivity index (χ0v) is 26.6. The Morgan fingerprint density at radius 3 is 2.07 bits per heavy atom. The van der Waals surface area contributed by atoms with E-state index in [9.17, 15) is 40.5 Å². The standard InChI is InChI=1S/C34H58O8/c1-30(2,18-39)8-6-24(17-38)32(4,19-40)28-7-9-34(20-41)26-11-27(42)25-10-21(14-35)22(15-36)12-31(25,3)29(26)23(16-37)13-33(28,34)5/h11,21-25,28-29,35-41H,6-10,12-20H2,1-5H3/t21-,22+,23-,24-,25-,28+,29-,31-,32-,33+,34+/m0/s1. The minimum absolute atomic E-state index is 0.0141. The second kappa shape index (κ2) is 12.1. The summed E-state index contributed by atoms with van der Waals surface area (Å²) >= 11 is 0.